The lowest BCUT2D eigenvalue weighted by Crippen LogP contribution is -2.12. The molecule has 0 bridgehead atoms. The number of allylic oxidation sites excluding steroid dienone is 3. The maximum atomic E-state index is 11.1. The number of hydrogen-bond donors (Lipinski definition) is 0. The van der Waals surface area contributed by atoms with E-state index in [1.165, 1.54) is 6.92 Å². The second-order valence-corrected chi connectivity index (χ2v) is 2.94. The summed E-state index contributed by atoms with van der Waals surface area (Å²) in [6.45, 7) is 6.39. The minimum absolute atomic E-state index is 0.174. The molecule has 0 N–H and O–H groups in total. The fourth-order valence-electron chi connectivity index (χ4n) is 0.619. The van der Waals surface area contributed by atoms with E-state index in [-0.39, 0.29) is 5.57 Å². The highest BCUT2D eigenvalue weighted by atomic mass is 17.2. The van der Waals surface area contributed by atoms with Gasteiger partial charge in [0.25, 0.3) is 0 Å². The average Bonchev–Trinajstić information content (AvgIpc) is 2.95. The molecule has 1 aliphatic carbocycles. The Morgan fingerprint density at radius 2 is 1.64 bits per heavy atom. The molecule has 0 heterocycles. The van der Waals surface area contributed by atoms with Crippen molar-refractivity contribution in [3.63, 3.8) is 0 Å². The van der Waals surface area contributed by atoms with Gasteiger partial charge < -0.3 is 0 Å². The molecule has 0 radical (unpaired) electrons. The predicted molar refractivity (Wildman–Crippen MR) is 48.8 cm³/mol. The third kappa shape index (κ3) is 2.58. The Morgan fingerprint density at radius 1 is 1.14 bits per heavy atom. The Morgan fingerprint density at radius 3 is 2.07 bits per heavy atom. The van der Waals surface area contributed by atoms with E-state index in [0.29, 0.717) is 5.57 Å². The van der Waals surface area contributed by atoms with E-state index in [9.17, 15) is 9.59 Å². The smallest absolute Gasteiger partial charge is 0.242 e. The van der Waals surface area contributed by atoms with Gasteiger partial charge in [-0.05, 0) is 19.4 Å². The maximum absolute atomic E-state index is 11.1. The van der Waals surface area contributed by atoms with Gasteiger partial charge in [-0.15, -0.1) is 0 Å². The van der Waals surface area contributed by atoms with Crippen molar-refractivity contribution in [2.45, 2.75) is 13.8 Å². The van der Waals surface area contributed by atoms with Crippen molar-refractivity contribution in [3.8, 4) is 0 Å². The lowest BCUT2D eigenvalue weighted by Gasteiger charge is -2.01. The Balaban J connectivity index is 2.39. The Bertz CT molecular complexity index is 352. The zero-order valence-electron chi connectivity index (χ0n) is 7.99. The van der Waals surface area contributed by atoms with Gasteiger partial charge in [0.2, 0.25) is 0 Å². The van der Waals surface area contributed by atoms with Gasteiger partial charge in [-0.25, -0.2) is 19.4 Å². The Kier molecular flexibility index (Phi) is 2.86. The molecule has 0 saturated carbocycles. The second kappa shape index (κ2) is 3.91. The molecule has 14 heavy (non-hydrogen) atoms. The summed E-state index contributed by atoms with van der Waals surface area (Å²) in [5.41, 5.74) is 1.40. The Labute approximate surface area is 81.4 Å². The van der Waals surface area contributed by atoms with Crippen molar-refractivity contribution in [3.05, 3.63) is 35.5 Å². The molecule has 4 heteroatoms. The molecule has 0 spiro atoms. The van der Waals surface area contributed by atoms with Gasteiger partial charge in [-0.2, -0.15) is 0 Å². The maximum Gasteiger partial charge on any atom is 0.382 e. The zero-order valence-corrected chi connectivity index (χ0v) is 7.99. The van der Waals surface area contributed by atoms with E-state index in [1.807, 2.05) is 0 Å². The molecule has 1 rings (SSSR count). The fourth-order valence-corrected chi connectivity index (χ4v) is 0.619. The Hall–Kier alpha value is -1.84. The van der Waals surface area contributed by atoms with Crippen molar-refractivity contribution in [1.82, 2.24) is 0 Å². The van der Waals surface area contributed by atoms with E-state index in [1.54, 1.807) is 19.1 Å². The molecule has 0 aromatic carbocycles. The standard InChI is InChI=1S/C10H10O4/c1-6(2)9(11)13-14-10(12)7(3)8-4-5-8/h4-5H,1H2,2-3H3. The van der Waals surface area contributed by atoms with Crippen LogP contribution in [0.4, 0.5) is 0 Å². The summed E-state index contributed by atoms with van der Waals surface area (Å²) >= 11 is 0. The predicted octanol–water partition coefficient (Wildman–Crippen LogP) is 1.45. The second-order valence-electron chi connectivity index (χ2n) is 2.94. The number of rotatable bonds is 2. The topological polar surface area (TPSA) is 52.6 Å². The third-order valence-corrected chi connectivity index (χ3v) is 1.61. The van der Waals surface area contributed by atoms with Gasteiger partial charge in [0.15, 0.2) is 0 Å². The van der Waals surface area contributed by atoms with Crippen LogP contribution >= 0.6 is 0 Å². The highest BCUT2D eigenvalue weighted by Crippen LogP contribution is 2.20. The molecule has 0 unspecified atom stereocenters. The molecule has 0 aliphatic heterocycles. The number of hydrogen-bond acceptors (Lipinski definition) is 4. The first-order valence-corrected chi connectivity index (χ1v) is 4.00. The molecule has 0 fully saturated rings. The zero-order chi connectivity index (χ0) is 10.7. The SMILES string of the molecule is C=C(C)C(=O)OOC(=O)C(C)=C1C=C1. The third-order valence-electron chi connectivity index (χ3n) is 1.61. The monoisotopic (exact) mass is 194 g/mol. The van der Waals surface area contributed by atoms with Gasteiger partial charge in [0.05, 0.1) is 0 Å². The summed E-state index contributed by atoms with van der Waals surface area (Å²) in [7, 11) is 0. The van der Waals surface area contributed by atoms with Crippen LogP contribution < -0.4 is 0 Å². The molecule has 4 nitrogen and oxygen atoms in total. The van der Waals surface area contributed by atoms with Gasteiger partial charge in [0.1, 0.15) is 0 Å². The molecular formula is C10H10O4. The van der Waals surface area contributed by atoms with Crippen LogP contribution in [0.3, 0.4) is 0 Å². The van der Waals surface area contributed by atoms with E-state index >= 15 is 0 Å². The van der Waals surface area contributed by atoms with Crippen LogP contribution in [0, 0.1) is 0 Å². The van der Waals surface area contributed by atoms with Gasteiger partial charge >= 0.3 is 11.9 Å². The lowest BCUT2D eigenvalue weighted by atomic mass is 10.2. The van der Waals surface area contributed by atoms with Crippen LogP contribution in [0.2, 0.25) is 0 Å². The number of carbonyl (C=O) groups excluding carboxylic acids is 2. The highest BCUT2D eigenvalue weighted by Gasteiger charge is 2.16. The molecular weight excluding hydrogens is 184 g/mol. The molecule has 74 valence electrons. The number of carbonyl (C=O) groups is 2. The molecule has 0 aromatic heterocycles. The van der Waals surface area contributed by atoms with E-state index < -0.39 is 11.9 Å². The van der Waals surface area contributed by atoms with Crippen LogP contribution in [0.25, 0.3) is 0 Å². The van der Waals surface area contributed by atoms with Gasteiger partial charge in [-0.3, -0.25) is 0 Å². The fraction of sp³-hybridized carbons (Fsp3) is 0.200. The molecule has 1 aliphatic rings. The first-order chi connectivity index (χ1) is 6.52. The summed E-state index contributed by atoms with van der Waals surface area (Å²) in [4.78, 5) is 30.4. The van der Waals surface area contributed by atoms with E-state index in [2.05, 4.69) is 16.4 Å². The van der Waals surface area contributed by atoms with Crippen LogP contribution in [0.5, 0.6) is 0 Å². The summed E-state index contributed by atoms with van der Waals surface area (Å²) in [5.74, 6) is -1.42. The first-order valence-electron chi connectivity index (χ1n) is 4.00. The minimum Gasteiger partial charge on any atom is -0.242 e. The molecule has 0 aromatic rings. The summed E-state index contributed by atoms with van der Waals surface area (Å²) in [6, 6.07) is 0. The molecule has 0 atom stereocenters. The van der Waals surface area contributed by atoms with Crippen LogP contribution in [0.1, 0.15) is 13.8 Å². The van der Waals surface area contributed by atoms with Crippen molar-refractivity contribution < 1.29 is 19.4 Å². The quantitative estimate of drug-likeness (QED) is 0.379. The van der Waals surface area contributed by atoms with Crippen LogP contribution in [-0.4, -0.2) is 11.9 Å². The van der Waals surface area contributed by atoms with Crippen molar-refractivity contribution in [2.75, 3.05) is 0 Å². The molecule has 0 amide bonds. The minimum atomic E-state index is -0.750. The van der Waals surface area contributed by atoms with Crippen LogP contribution in [0.15, 0.2) is 35.5 Å². The molecule has 0 saturated heterocycles. The normalized spacial score (nSPS) is 12.0. The summed E-state index contributed by atoms with van der Waals surface area (Å²) in [5, 5.41) is 0. The van der Waals surface area contributed by atoms with Crippen molar-refractivity contribution in [2.24, 2.45) is 0 Å². The highest BCUT2D eigenvalue weighted by molar-refractivity contribution is 5.92. The average molecular weight is 194 g/mol. The van der Waals surface area contributed by atoms with Gasteiger partial charge in [-0.1, -0.05) is 18.7 Å². The van der Waals surface area contributed by atoms with Crippen LogP contribution in [-0.2, 0) is 19.4 Å². The largest absolute Gasteiger partial charge is 0.382 e. The van der Waals surface area contributed by atoms with Crippen molar-refractivity contribution in [1.29, 1.82) is 0 Å². The van der Waals surface area contributed by atoms with E-state index in [0.717, 1.165) is 5.57 Å². The van der Waals surface area contributed by atoms with E-state index in [4.69, 9.17) is 0 Å². The van der Waals surface area contributed by atoms with Crippen molar-refractivity contribution >= 4 is 11.9 Å². The lowest BCUT2D eigenvalue weighted by molar-refractivity contribution is -0.252. The summed E-state index contributed by atoms with van der Waals surface area (Å²) in [6.07, 6.45) is 3.52. The summed E-state index contributed by atoms with van der Waals surface area (Å²) < 4.78 is 0. The van der Waals surface area contributed by atoms with Gasteiger partial charge in [0, 0.05) is 11.1 Å². The first kappa shape index (κ1) is 10.2.